The number of aliphatic hydroxyl groups is 1. The predicted octanol–water partition coefficient (Wildman–Crippen LogP) is 3.13. The monoisotopic (exact) mass is 530 g/mol. The summed E-state index contributed by atoms with van der Waals surface area (Å²) in [6.45, 7) is 5.59. The topological polar surface area (TPSA) is 136 Å². The van der Waals surface area contributed by atoms with Gasteiger partial charge < -0.3 is 24.4 Å². The van der Waals surface area contributed by atoms with Crippen molar-refractivity contribution in [3.8, 4) is 0 Å². The largest absolute Gasteiger partial charge is 0.481 e. The fraction of sp³-hybridized carbons (Fsp3) is 0.724. The van der Waals surface area contributed by atoms with Gasteiger partial charge in [0.1, 0.15) is 0 Å². The zero-order valence-electron chi connectivity index (χ0n) is 22.3. The van der Waals surface area contributed by atoms with E-state index >= 15 is 0 Å². The van der Waals surface area contributed by atoms with E-state index in [2.05, 4.69) is 6.92 Å². The van der Waals surface area contributed by atoms with E-state index in [0.717, 1.165) is 24.8 Å². The first-order valence-electron chi connectivity index (χ1n) is 13.8. The molecule has 9 atom stereocenters. The first kappa shape index (κ1) is 27.2. The van der Waals surface area contributed by atoms with Gasteiger partial charge in [0.15, 0.2) is 24.3 Å². The minimum atomic E-state index is -1.37. The highest BCUT2D eigenvalue weighted by molar-refractivity contribution is 6.01. The molecule has 0 amide bonds. The summed E-state index contributed by atoms with van der Waals surface area (Å²) in [6.07, 6.45) is 6.63. The summed E-state index contributed by atoms with van der Waals surface area (Å²) in [5.74, 6) is -2.27. The molecular weight excluding hydrogens is 492 g/mol. The summed E-state index contributed by atoms with van der Waals surface area (Å²) in [4.78, 5) is 49.0. The highest BCUT2D eigenvalue weighted by Gasteiger charge is 2.75. The van der Waals surface area contributed by atoms with Crippen molar-refractivity contribution < 1.29 is 43.6 Å². The Kier molecular flexibility index (Phi) is 6.93. The van der Waals surface area contributed by atoms with E-state index < -0.39 is 59.3 Å². The van der Waals surface area contributed by atoms with E-state index in [1.54, 1.807) is 12.2 Å². The first-order chi connectivity index (χ1) is 18.0. The normalized spacial score (nSPS) is 42.9. The molecule has 4 aliphatic carbocycles. The van der Waals surface area contributed by atoms with Gasteiger partial charge in [-0.25, -0.2) is 0 Å². The third-order valence-electron chi connectivity index (χ3n) is 10.1. The molecule has 0 spiro atoms. The molecular formula is C29H38O9. The van der Waals surface area contributed by atoms with Gasteiger partial charge in [-0.15, -0.1) is 0 Å². The van der Waals surface area contributed by atoms with Crippen molar-refractivity contribution in [2.45, 2.75) is 96.2 Å². The zero-order chi connectivity index (χ0) is 27.5. The number of hydrogen-bond donors (Lipinski definition) is 2. The van der Waals surface area contributed by atoms with Crippen LogP contribution in [0.25, 0.3) is 0 Å². The Labute approximate surface area is 222 Å². The van der Waals surface area contributed by atoms with E-state index in [1.807, 2.05) is 19.9 Å². The maximum Gasteiger partial charge on any atom is 0.306 e. The maximum atomic E-state index is 14.0. The number of hydrogen-bond acceptors (Lipinski definition) is 8. The van der Waals surface area contributed by atoms with Gasteiger partial charge in [0.25, 0.3) is 0 Å². The molecule has 208 valence electrons. The van der Waals surface area contributed by atoms with Crippen LogP contribution in [0.2, 0.25) is 0 Å². The van der Waals surface area contributed by atoms with Crippen molar-refractivity contribution in [3.05, 3.63) is 23.8 Å². The highest BCUT2D eigenvalue weighted by atomic mass is 16.7. The van der Waals surface area contributed by atoms with Gasteiger partial charge in [-0.05, 0) is 56.1 Å². The van der Waals surface area contributed by atoms with Crippen LogP contribution in [0.15, 0.2) is 23.8 Å². The number of carboxylic acid groups (broad SMARTS) is 1. The van der Waals surface area contributed by atoms with Crippen LogP contribution in [0, 0.1) is 28.6 Å². The third-order valence-corrected chi connectivity index (χ3v) is 10.1. The first-order valence-corrected chi connectivity index (χ1v) is 13.8. The van der Waals surface area contributed by atoms with E-state index in [4.69, 9.17) is 19.3 Å². The second-order valence-corrected chi connectivity index (χ2v) is 12.1. The molecule has 5 aliphatic rings. The third kappa shape index (κ3) is 4.00. The number of Topliss-reactive ketones (excluding diaryl/α,β-unsaturated/α-hetero) is 1. The van der Waals surface area contributed by atoms with E-state index in [9.17, 15) is 24.3 Å². The van der Waals surface area contributed by atoms with Gasteiger partial charge in [0.2, 0.25) is 5.78 Å². The number of allylic oxidation sites excluding steroid dienone is 4. The Morgan fingerprint density at radius 3 is 2.68 bits per heavy atom. The number of esters is 1. The van der Waals surface area contributed by atoms with Crippen LogP contribution in [0.4, 0.5) is 0 Å². The van der Waals surface area contributed by atoms with Crippen LogP contribution in [0.1, 0.15) is 72.1 Å². The minimum Gasteiger partial charge on any atom is -0.481 e. The van der Waals surface area contributed by atoms with Crippen molar-refractivity contribution in [3.63, 3.8) is 0 Å². The Morgan fingerprint density at radius 2 is 1.97 bits per heavy atom. The number of carboxylic acids is 1. The van der Waals surface area contributed by atoms with Crippen LogP contribution in [0.3, 0.4) is 0 Å². The van der Waals surface area contributed by atoms with Gasteiger partial charge in [0, 0.05) is 16.7 Å². The number of fused-ring (bicyclic) bond motifs is 7. The second-order valence-electron chi connectivity index (χ2n) is 12.1. The Balaban J connectivity index is 1.45. The van der Waals surface area contributed by atoms with Gasteiger partial charge in [-0.1, -0.05) is 38.8 Å². The molecule has 0 aromatic carbocycles. The number of ether oxygens (including phenoxy) is 3. The fourth-order valence-electron chi connectivity index (χ4n) is 8.54. The molecule has 0 aromatic heterocycles. The minimum absolute atomic E-state index is 0.0207. The molecule has 0 bridgehead atoms. The summed E-state index contributed by atoms with van der Waals surface area (Å²) in [7, 11) is 0. The Bertz CT molecular complexity index is 1090. The van der Waals surface area contributed by atoms with Gasteiger partial charge >= 0.3 is 11.9 Å². The lowest BCUT2D eigenvalue weighted by atomic mass is 9.46. The fourth-order valence-corrected chi connectivity index (χ4v) is 8.54. The molecule has 1 saturated heterocycles. The quantitative estimate of drug-likeness (QED) is 0.454. The SMILES string of the molecule is CCCC1O[C@@H]2CC3C4CCC5=CC(=O)C=CC5(C)C4[C@@H](O)C[C@]3(C)[C@]2(C(=O)COC(=O)CCC(=O)O)O1. The molecule has 1 aliphatic heterocycles. The smallest absolute Gasteiger partial charge is 0.306 e. The Morgan fingerprint density at radius 1 is 1.21 bits per heavy atom. The number of carbonyl (C=O) groups excluding carboxylic acids is 3. The summed E-state index contributed by atoms with van der Waals surface area (Å²) >= 11 is 0. The zero-order valence-corrected chi connectivity index (χ0v) is 22.3. The lowest BCUT2D eigenvalue weighted by Crippen LogP contribution is -2.63. The number of carbonyl (C=O) groups is 4. The van der Waals surface area contributed by atoms with Crippen molar-refractivity contribution in [1.82, 2.24) is 0 Å². The van der Waals surface area contributed by atoms with Crippen LogP contribution >= 0.6 is 0 Å². The van der Waals surface area contributed by atoms with Gasteiger partial charge in [-0.2, -0.15) is 0 Å². The van der Waals surface area contributed by atoms with Crippen molar-refractivity contribution >= 4 is 23.5 Å². The summed E-state index contributed by atoms with van der Waals surface area (Å²) in [5, 5.41) is 20.6. The molecule has 2 N–H and O–H groups in total. The highest BCUT2D eigenvalue weighted by Crippen LogP contribution is 2.69. The summed E-state index contributed by atoms with van der Waals surface area (Å²) < 4.78 is 18.1. The van der Waals surface area contributed by atoms with E-state index in [0.29, 0.717) is 19.3 Å². The summed E-state index contributed by atoms with van der Waals surface area (Å²) in [6, 6.07) is 0. The molecule has 0 aromatic rings. The number of aliphatic hydroxyl groups excluding tert-OH is 1. The molecule has 9 heteroatoms. The maximum absolute atomic E-state index is 14.0. The number of ketones is 2. The standard InChI is InChI=1S/C29H38O9/c1-4-5-25-37-22-13-19-18-7-6-16-12-17(30)10-11-27(16,2)26(18)20(31)14-28(19,3)29(22,38-25)21(32)15-36-24(35)9-8-23(33)34/h10-12,18-20,22,25-26,31H,4-9,13-15H2,1-3H3,(H,33,34)/t18?,19?,20-,22+,25?,26?,27?,28-,29+/m0/s1. The molecule has 4 fully saturated rings. The van der Waals surface area contributed by atoms with Crippen LogP contribution in [-0.2, 0) is 33.4 Å². The molecule has 5 rings (SSSR count). The molecule has 0 radical (unpaired) electrons. The molecule has 38 heavy (non-hydrogen) atoms. The number of rotatable bonds is 8. The van der Waals surface area contributed by atoms with Crippen molar-refractivity contribution in [2.24, 2.45) is 28.6 Å². The van der Waals surface area contributed by atoms with Crippen LogP contribution in [0.5, 0.6) is 0 Å². The van der Waals surface area contributed by atoms with Crippen LogP contribution < -0.4 is 0 Å². The molecule has 1 heterocycles. The molecule has 5 unspecified atom stereocenters. The average molecular weight is 531 g/mol. The van der Waals surface area contributed by atoms with Gasteiger partial charge in [0.05, 0.1) is 25.0 Å². The average Bonchev–Trinajstić information content (AvgIpc) is 3.33. The summed E-state index contributed by atoms with van der Waals surface area (Å²) in [5.41, 5.74) is -1.50. The lowest BCUT2D eigenvalue weighted by molar-refractivity contribution is -0.201. The molecule has 3 saturated carbocycles. The second kappa shape index (κ2) is 9.68. The van der Waals surface area contributed by atoms with E-state index in [-0.39, 0.29) is 36.4 Å². The van der Waals surface area contributed by atoms with Crippen LogP contribution in [-0.4, -0.2) is 64.4 Å². The van der Waals surface area contributed by atoms with Crippen molar-refractivity contribution in [2.75, 3.05) is 6.61 Å². The van der Waals surface area contributed by atoms with Gasteiger partial charge in [-0.3, -0.25) is 19.2 Å². The van der Waals surface area contributed by atoms with Crippen molar-refractivity contribution in [1.29, 1.82) is 0 Å². The Hall–Kier alpha value is -2.36. The molecule has 9 nitrogen and oxygen atoms in total. The predicted molar refractivity (Wildman–Crippen MR) is 134 cm³/mol. The number of aliphatic carboxylic acids is 1. The van der Waals surface area contributed by atoms with E-state index in [1.165, 1.54) is 0 Å². The lowest BCUT2D eigenvalue weighted by Gasteiger charge is -2.59.